The summed E-state index contributed by atoms with van der Waals surface area (Å²) in [6.07, 6.45) is 6.23. The summed E-state index contributed by atoms with van der Waals surface area (Å²) in [5.74, 6) is 0.0970. The molecule has 0 atom stereocenters. The first-order valence-electron chi connectivity index (χ1n) is 13.0. The number of hydrogen-bond acceptors (Lipinski definition) is 7. The van der Waals surface area contributed by atoms with Crippen LogP contribution in [0.3, 0.4) is 0 Å². The number of nitrogens with one attached hydrogen (secondary N) is 1. The quantitative estimate of drug-likeness (QED) is 0.271. The Hall–Kier alpha value is -3.53. The number of aromatic nitrogens is 5. The second kappa shape index (κ2) is 12.5. The van der Waals surface area contributed by atoms with Crippen LogP contribution in [0.1, 0.15) is 44.0 Å². The lowest BCUT2D eigenvalue weighted by Gasteiger charge is -2.26. The van der Waals surface area contributed by atoms with Crippen molar-refractivity contribution < 1.29 is 9.53 Å². The van der Waals surface area contributed by atoms with Gasteiger partial charge >= 0.3 is 6.09 Å². The van der Waals surface area contributed by atoms with Crippen LogP contribution in [-0.2, 0) is 13.0 Å². The van der Waals surface area contributed by atoms with Gasteiger partial charge in [-0.05, 0) is 43.5 Å². The fourth-order valence-corrected chi connectivity index (χ4v) is 4.69. The van der Waals surface area contributed by atoms with Gasteiger partial charge in [-0.2, -0.15) is 0 Å². The van der Waals surface area contributed by atoms with Gasteiger partial charge in [-0.1, -0.05) is 72.4 Å². The highest BCUT2D eigenvalue weighted by atomic mass is 35.5. The minimum absolute atomic E-state index is 0.0970. The van der Waals surface area contributed by atoms with Crippen molar-refractivity contribution in [2.75, 3.05) is 13.1 Å². The summed E-state index contributed by atoms with van der Waals surface area (Å²) < 4.78 is 7.48. The lowest BCUT2D eigenvalue weighted by atomic mass is 10.0. The van der Waals surface area contributed by atoms with Crippen molar-refractivity contribution in [3.63, 3.8) is 0 Å². The number of hydrogen-bond donors (Lipinski definition) is 1. The molecule has 0 radical (unpaired) electrons. The number of nitrogens with zero attached hydrogens (tertiary/aromatic N) is 6. The Kier molecular flexibility index (Phi) is 8.71. The summed E-state index contributed by atoms with van der Waals surface area (Å²) in [5, 5.41) is 11.6. The molecule has 0 saturated carbocycles. The maximum atomic E-state index is 12.9. The minimum Gasteiger partial charge on any atom is -0.388 e. The molecule has 39 heavy (non-hydrogen) atoms. The monoisotopic (exact) mass is 565 g/mol. The third-order valence-corrected chi connectivity index (χ3v) is 6.87. The Morgan fingerprint density at radius 2 is 1.54 bits per heavy atom. The third kappa shape index (κ3) is 6.92. The molecule has 0 unspecified atom stereocenters. The number of aryl methyl sites for hydroxylation is 1. The van der Waals surface area contributed by atoms with Gasteiger partial charge in [-0.25, -0.2) is 24.5 Å². The SMILES string of the molecule is CCCc1cn(Cc2nc(-c3ccc(Cl)cc3)c(-c3ccc(Cl)cc3)nc2OC(=O)NN2CCCCC2)nn1. The van der Waals surface area contributed by atoms with Crippen molar-refractivity contribution in [1.82, 2.24) is 35.4 Å². The van der Waals surface area contributed by atoms with Gasteiger partial charge in [-0.3, -0.25) is 5.43 Å². The van der Waals surface area contributed by atoms with Crippen LogP contribution in [-0.4, -0.2) is 49.2 Å². The lowest BCUT2D eigenvalue weighted by molar-refractivity contribution is 0.127. The summed E-state index contributed by atoms with van der Waals surface area (Å²) in [6.45, 7) is 3.86. The summed E-state index contributed by atoms with van der Waals surface area (Å²) >= 11 is 12.3. The zero-order valence-corrected chi connectivity index (χ0v) is 23.1. The van der Waals surface area contributed by atoms with Crippen molar-refractivity contribution in [2.24, 2.45) is 0 Å². The van der Waals surface area contributed by atoms with Crippen molar-refractivity contribution in [2.45, 2.75) is 45.6 Å². The minimum atomic E-state index is -0.612. The highest BCUT2D eigenvalue weighted by Gasteiger charge is 2.22. The highest BCUT2D eigenvalue weighted by molar-refractivity contribution is 6.31. The Morgan fingerprint density at radius 3 is 2.15 bits per heavy atom. The molecule has 1 N–H and O–H groups in total. The smallest absolute Gasteiger partial charge is 0.388 e. The number of piperidine rings is 1. The van der Waals surface area contributed by atoms with Gasteiger partial charge in [0.2, 0.25) is 5.88 Å². The van der Waals surface area contributed by atoms with Crippen LogP contribution in [0.2, 0.25) is 10.0 Å². The molecule has 2 aromatic carbocycles. The van der Waals surface area contributed by atoms with Crippen LogP contribution >= 0.6 is 23.2 Å². The van der Waals surface area contributed by atoms with Gasteiger partial charge < -0.3 is 4.74 Å². The van der Waals surface area contributed by atoms with Gasteiger partial charge in [0, 0.05) is 40.5 Å². The molecule has 0 spiro atoms. The molecule has 1 aliphatic heterocycles. The molecule has 1 saturated heterocycles. The first kappa shape index (κ1) is 27.1. The van der Waals surface area contributed by atoms with E-state index in [0.29, 0.717) is 27.1 Å². The summed E-state index contributed by atoms with van der Waals surface area (Å²) in [5.41, 5.74) is 6.91. The Labute approximate surface area is 237 Å². The van der Waals surface area contributed by atoms with Crippen LogP contribution in [0, 0.1) is 0 Å². The number of hydrazine groups is 1. The van der Waals surface area contributed by atoms with E-state index in [4.69, 9.17) is 37.9 Å². The number of halogens is 2. The molecular weight excluding hydrogens is 537 g/mol. The fraction of sp³-hybridized carbons (Fsp3) is 0.321. The maximum Gasteiger partial charge on any atom is 0.428 e. The summed E-state index contributed by atoms with van der Waals surface area (Å²) in [4.78, 5) is 22.8. The molecule has 0 bridgehead atoms. The van der Waals surface area contributed by atoms with E-state index in [0.717, 1.165) is 62.0 Å². The fourth-order valence-electron chi connectivity index (χ4n) is 4.44. The Bertz CT molecular complexity index is 1420. The molecular formula is C28H29Cl2N7O2. The lowest BCUT2D eigenvalue weighted by Crippen LogP contribution is -2.46. The predicted molar refractivity (Wildman–Crippen MR) is 151 cm³/mol. The number of amides is 1. The molecule has 9 nitrogen and oxygen atoms in total. The predicted octanol–water partition coefficient (Wildman–Crippen LogP) is 6.20. The molecule has 4 aromatic rings. The van der Waals surface area contributed by atoms with Gasteiger partial charge in [-0.15, -0.1) is 5.10 Å². The van der Waals surface area contributed by atoms with Crippen molar-refractivity contribution in [3.8, 4) is 28.4 Å². The Morgan fingerprint density at radius 1 is 0.923 bits per heavy atom. The summed E-state index contributed by atoms with van der Waals surface area (Å²) in [6, 6.07) is 14.7. The van der Waals surface area contributed by atoms with Crippen LogP contribution in [0.25, 0.3) is 22.5 Å². The molecule has 0 aliphatic carbocycles. The van der Waals surface area contributed by atoms with Gasteiger partial charge in [0.15, 0.2) is 0 Å². The van der Waals surface area contributed by atoms with Crippen LogP contribution < -0.4 is 10.2 Å². The molecule has 3 heterocycles. The number of ether oxygens (including phenoxy) is 1. The number of rotatable bonds is 8. The second-order valence-corrected chi connectivity index (χ2v) is 10.3. The van der Waals surface area contributed by atoms with E-state index >= 15 is 0 Å². The van der Waals surface area contributed by atoms with E-state index in [9.17, 15) is 4.79 Å². The molecule has 1 aliphatic rings. The van der Waals surface area contributed by atoms with Crippen LogP contribution in [0.4, 0.5) is 4.79 Å². The van der Waals surface area contributed by atoms with Crippen LogP contribution in [0.5, 0.6) is 5.88 Å². The first-order valence-corrected chi connectivity index (χ1v) is 13.8. The Balaban J connectivity index is 1.57. The highest BCUT2D eigenvalue weighted by Crippen LogP contribution is 2.33. The van der Waals surface area contributed by atoms with Crippen LogP contribution in [0.15, 0.2) is 54.7 Å². The molecule has 1 amide bonds. The molecule has 11 heteroatoms. The average Bonchev–Trinajstić information content (AvgIpc) is 3.38. The summed E-state index contributed by atoms with van der Waals surface area (Å²) in [7, 11) is 0. The maximum absolute atomic E-state index is 12.9. The third-order valence-electron chi connectivity index (χ3n) is 6.37. The molecule has 2 aromatic heterocycles. The molecule has 1 fully saturated rings. The number of benzene rings is 2. The van der Waals surface area contributed by atoms with E-state index < -0.39 is 6.09 Å². The normalized spacial score (nSPS) is 13.8. The second-order valence-electron chi connectivity index (χ2n) is 9.39. The first-order chi connectivity index (χ1) is 19.0. The van der Waals surface area contributed by atoms with Crippen molar-refractivity contribution in [3.05, 3.63) is 76.2 Å². The van der Waals surface area contributed by atoms with Gasteiger partial charge in [0.1, 0.15) is 11.4 Å². The molecule has 202 valence electrons. The number of carbonyl (C=O) groups excluding carboxylic acids is 1. The van der Waals surface area contributed by atoms with E-state index in [-0.39, 0.29) is 12.4 Å². The largest absolute Gasteiger partial charge is 0.428 e. The number of carbonyl (C=O) groups is 1. The van der Waals surface area contributed by atoms with Crippen molar-refractivity contribution >= 4 is 29.3 Å². The average molecular weight is 566 g/mol. The van der Waals surface area contributed by atoms with E-state index in [2.05, 4.69) is 22.7 Å². The zero-order chi connectivity index (χ0) is 27.2. The van der Waals surface area contributed by atoms with E-state index in [1.807, 2.05) is 35.5 Å². The molecule has 5 rings (SSSR count). The van der Waals surface area contributed by atoms with Gasteiger partial charge in [0.05, 0.1) is 17.9 Å². The van der Waals surface area contributed by atoms with Gasteiger partial charge in [0.25, 0.3) is 0 Å². The van der Waals surface area contributed by atoms with E-state index in [1.54, 1.807) is 28.9 Å². The standard InChI is InChI=1S/C28H29Cl2N7O2/c1-2-6-23-17-37(35-33-23)18-24-27(39-28(38)34-36-15-4-3-5-16-36)32-26(20-9-13-22(30)14-10-20)25(31-24)19-7-11-21(29)12-8-19/h7-14,17H,2-6,15-16,18H2,1H3,(H,34,38). The zero-order valence-electron chi connectivity index (χ0n) is 21.6. The topological polar surface area (TPSA) is 98.1 Å². The van der Waals surface area contributed by atoms with E-state index in [1.165, 1.54) is 0 Å². The van der Waals surface area contributed by atoms with Crippen molar-refractivity contribution in [1.29, 1.82) is 0 Å².